The van der Waals surface area contributed by atoms with Gasteiger partial charge < -0.3 is 15.0 Å². The van der Waals surface area contributed by atoms with Crippen LogP contribution >= 0.6 is 11.3 Å². The van der Waals surface area contributed by atoms with E-state index in [1.54, 1.807) is 66.9 Å². The Balaban J connectivity index is 1.61. The summed E-state index contributed by atoms with van der Waals surface area (Å²) in [5.74, 6) is -1.32. The van der Waals surface area contributed by atoms with Gasteiger partial charge in [0.05, 0.1) is 17.8 Å². The number of ether oxygens (including phenoxy) is 1. The molecule has 0 radical (unpaired) electrons. The SMILES string of the molecule is CN(Cc1cccs1)C(=O)COC(=O)c1ccccc1NC(=O)c1ccccc1. The number of hydrogen-bond donors (Lipinski definition) is 1. The Kier molecular flexibility index (Phi) is 6.76. The van der Waals surface area contributed by atoms with Crippen LogP contribution < -0.4 is 5.32 Å². The number of likely N-dealkylation sites (N-methyl/N-ethyl adjacent to an activating group) is 1. The Morgan fingerprint density at radius 2 is 1.69 bits per heavy atom. The standard InChI is InChI=1S/C22H20N2O4S/c1-24(14-17-10-7-13-29-17)20(25)15-28-22(27)18-11-5-6-12-19(18)23-21(26)16-8-3-2-4-9-16/h2-13H,14-15H2,1H3,(H,23,26). The van der Waals surface area contributed by atoms with Crippen LogP contribution in [0.4, 0.5) is 5.69 Å². The predicted octanol–water partition coefficient (Wildman–Crippen LogP) is 3.82. The van der Waals surface area contributed by atoms with Crippen LogP contribution in [-0.2, 0) is 16.1 Å². The van der Waals surface area contributed by atoms with Crippen LogP contribution in [0.15, 0.2) is 72.1 Å². The zero-order chi connectivity index (χ0) is 20.6. The van der Waals surface area contributed by atoms with Crippen LogP contribution in [-0.4, -0.2) is 36.3 Å². The van der Waals surface area contributed by atoms with Crippen LogP contribution in [0.1, 0.15) is 25.6 Å². The lowest BCUT2D eigenvalue weighted by molar-refractivity contribution is -0.133. The van der Waals surface area contributed by atoms with E-state index in [1.165, 1.54) is 4.90 Å². The summed E-state index contributed by atoms with van der Waals surface area (Å²) in [7, 11) is 1.66. The third-order valence-corrected chi connectivity index (χ3v) is 5.02. The summed E-state index contributed by atoms with van der Waals surface area (Å²) in [6.45, 7) is 0.0828. The summed E-state index contributed by atoms with van der Waals surface area (Å²) in [6, 6.07) is 19.1. The minimum atomic E-state index is -0.674. The van der Waals surface area contributed by atoms with Crippen molar-refractivity contribution in [2.24, 2.45) is 0 Å². The van der Waals surface area contributed by atoms with Crippen LogP contribution in [0, 0.1) is 0 Å². The number of thiophene rings is 1. The van der Waals surface area contributed by atoms with Gasteiger partial charge in [-0.3, -0.25) is 9.59 Å². The van der Waals surface area contributed by atoms with Crippen molar-refractivity contribution in [1.29, 1.82) is 0 Å². The second kappa shape index (κ2) is 9.66. The average Bonchev–Trinajstić information content (AvgIpc) is 3.25. The monoisotopic (exact) mass is 408 g/mol. The summed E-state index contributed by atoms with van der Waals surface area (Å²) in [5, 5.41) is 4.65. The van der Waals surface area contributed by atoms with Crippen molar-refractivity contribution in [2.75, 3.05) is 19.0 Å². The van der Waals surface area contributed by atoms with Gasteiger partial charge in [0.2, 0.25) is 0 Å². The zero-order valence-electron chi connectivity index (χ0n) is 15.8. The highest BCUT2D eigenvalue weighted by Gasteiger charge is 2.18. The molecule has 7 heteroatoms. The molecule has 0 saturated carbocycles. The van der Waals surface area contributed by atoms with Crippen molar-refractivity contribution in [2.45, 2.75) is 6.54 Å². The van der Waals surface area contributed by atoms with Crippen LogP contribution in [0.3, 0.4) is 0 Å². The number of carbonyl (C=O) groups is 3. The molecule has 29 heavy (non-hydrogen) atoms. The molecule has 2 amide bonds. The summed E-state index contributed by atoms with van der Waals surface area (Å²) in [6.07, 6.45) is 0. The largest absolute Gasteiger partial charge is 0.452 e. The fourth-order valence-corrected chi connectivity index (χ4v) is 3.35. The number of para-hydroxylation sites is 1. The van der Waals surface area contributed by atoms with Gasteiger partial charge >= 0.3 is 5.97 Å². The van der Waals surface area contributed by atoms with Crippen molar-refractivity contribution in [3.05, 3.63) is 88.1 Å². The second-order valence-electron chi connectivity index (χ2n) is 6.27. The minimum absolute atomic E-state index is 0.186. The quantitative estimate of drug-likeness (QED) is 0.603. The molecule has 0 fully saturated rings. The molecule has 3 rings (SSSR count). The Hall–Kier alpha value is -3.45. The summed E-state index contributed by atoms with van der Waals surface area (Å²) in [4.78, 5) is 39.6. The second-order valence-corrected chi connectivity index (χ2v) is 7.30. The van der Waals surface area contributed by atoms with Crippen molar-refractivity contribution < 1.29 is 19.1 Å². The number of nitrogens with zero attached hydrogens (tertiary/aromatic N) is 1. The van der Waals surface area contributed by atoms with Gasteiger partial charge in [-0.2, -0.15) is 0 Å². The highest BCUT2D eigenvalue weighted by molar-refractivity contribution is 7.09. The molecule has 3 aromatic rings. The number of nitrogens with one attached hydrogen (secondary N) is 1. The third-order valence-electron chi connectivity index (χ3n) is 4.16. The molecule has 0 aliphatic rings. The fraction of sp³-hybridized carbons (Fsp3) is 0.136. The molecule has 2 aromatic carbocycles. The lowest BCUT2D eigenvalue weighted by Gasteiger charge is -2.16. The number of rotatable bonds is 7. The first-order valence-corrected chi connectivity index (χ1v) is 9.81. The van der Waals surface area contributed by atoms with Crippen molar-refractivity contribution >= 4 is 34.8 Å². The molecule has 1 aromatic heterocycles. The summed E-state index contributed by atoms with van der Waals surface area (Å²) >= 11 is 1.55. The number of esters is 1. The van der Waals surface area contributed by atoms with Gasteiger partial charge in [0.25, 0.3) is 11.8 Å². The van der Waals surface area contributed by atoms with Crippen LogP contribution in [0.5, 0.6) is 0 Å². The molecule has 6 nitrogen and oxygen atoms in total. The first kappa shape index (κ1) is 20.3. The lowest BCUT2D eigenvalue weighted by Crippen LogP contribution is -2.30. The molecule has 1 heterocycles. The highest BCUT2D eigenvalue weighted by Crippen LogP contribution is 2.18. The highest BCUT2D eigenvalue weighted by atomic mass is 32.1. The number of amides is 2. The summed E-state index contributed by atoms with van der Waals surface area (Å²) < 4.78 is 5.18. The molecule has 0 bridgehead atoms. The van der Waals surface area contributed by atoms with E-state index in [1.807, 2.05) is 23.6 Å². The first-order chi connectivity index (χ1) is 14.0. The van der Waals surface area contributed by atoms with E-state index >= 15 is 0 Å². The van der Waals surface area contributed by atoms with Crippen molar-refractivity contribution in [3.63, 3.8) is 0 Å². The normalized spacial score (nSPS) is 10.2. The van der Waals surface area contributed by atoms with Crippen molar-refractivity contribution in [3.8, 4) is 0 Å². The molecule has 0 unspecified atom stereocenters. The van der Waals surface area contributed by atoms with Crippen LogP contribution in [0.2, 0.25) is 0 Å². The molecule has 0 aliphatic carbocycles. The minimum Gasteiger partial charge on any atom is -0.452 e. The average molecular weight is 408 g/mol. The lowest BCUT2D eigenvalue weighted by atomic mass is 10.1. The van der Waals surface area contributed by atoms with Gasteiger partial charge in [-0.25, -0.2) is 4.79 Å². The van der Waals surface area contributed by atoms with Gasteiger partial charge in [0, 0.05) is 17.5 Å². The summed E-state index contributed by atoms with van der Waals surface area (Å²) in [5.41, 5.74) is 0.984. The van der Waals surface area contributed by atoms with Crippen LogP contribution in [0.25, 0.3) is 0 Å². The maximum Gasteiger partial charge on any atom is 0.340 e. The maximum atomic E-state index is 12.5. The molecule has 0 atom stereocenters. The fourth-order valence-electron chi connectivity index (χ4n) is 2.59. The van der Waals surface area contributed by atoms with E-state index in [0.717, 1.165) is 4.88 Å². The number of carbonyl (C=O) groups excluding carboxylic acids is 3. The molecule has 0 aliphatic heterocycles. The first-order valence-electron chi connectivity index (χ1n) is 8.93. The molecule has 0 spiro atoms. The van der Waals surface area contributed by atoms with Gasteiger partial charge in [0.15, 0.2) is 6.61 Å². The van der Waals surface area contributed by atoms with E-state index < -0.39 is 5.97 Å². The third kappa shape index (κ3) is 5.52. The van der Waals surface area contributed by atoms with E-state index in [9.17, 15) is 14.4 Å². The molecule has 148 valence electrons. The Morgan fingerprint density at radius 1 is 0.966 bits per heavy atom. The topological polar surface area (TPSA) is 75.7 Å². The van der Waals surface area contributed by atoms with Gasteiger partial charge in [0.1, 0.15) is 0 Å². The number of anilines is 1. The molecular weight excluding hydrogens is 388 g/mol. The van der Waals surface area contributed by atoms with Gasteiger partial charge in [-0.15, -0.1) is 11.3 Å². The molecular formula is C22H20N2O4S. The number of benzene rings is 2. The maximum absolute atomic E-state index is 12.5. The smallest absolute Gasteiger partial charge is 0.340 e. The van der Waals surface area contributed by atoms with E-state index in [4.69, 9.17) is 4.74 Å². The number of hydrogen-bond acceptors (Lipinski definition) is 5. The van der Waals surface area contributed by atoms with Gasteiger partial charge in [-0.1, -0.05) is 36.4 Å². The zero-order valence-corrected chi connectivity index (χ0v) is 16.6. The molecule has 0 saturated heterocycles. The van der Waals surface area contributed by atoms with E-state index in [0.29, 0.717) is 17.8 Å². The Bertz CT molecular complexity index is 987. The Labute approximate surface area is 172 Å². The van der Waals surface area contributed by atoms with E-state index in [2.05, 4.69) is 5.32 Å². The van der Waals surface area contributed by atoms with Crippen molar-refractivity contribution in [1.82, 2.24) is 4.90 Å². The van der Waals surface area contributed by atoms with Gasteiger partial charge in [-0.05, 0) is 35.7 Å². The molecule has 1 N–H and O–H groups in total. The van der Waals surface area contributed by atoms with E-state index in [-0.39, 0.29) is 24.0 Å². The Morgan fingerprint density at radius 3 is 2.41 bits per heavy atom. The predicted molar refractivity (Wildman–Crippen MR) is 112 cm³/mol.